The predicted molar refractivity (Wildman–Crippen MR) is 73.0 cm³/mol. The second-order valence-electron chi connectivity index (χ2n) is 5.75. The molecule has 0 heterocycles. The van der Waals surface area contributed by atoms with Gasteiger partial charge in [0, 0.05) is 24.7 Å². The standard InChI is InChI=1S/C14H30N2O/c1-3-13-6-8-14(11-15,9-7-13)16-12(2)5-4-10-17/h12-13,16-17H,3-11,15H2,1-2H3. The second kappa shape index (κ2) is 7.34. The van der Waals surface area contributed by atoms with E-state index in [2.05, 4.69) is 19.2 Å². The van der Waals surface area contributed by atoms with Crippen LogP contribution >= 0.6 is 0 Å². The average Bonchev–Trinajstić information content (AvgIpc) is 2.37. The molecule has 1 rings (SSSR count). The van der Waals surface area contributed by atoms with Crippen LogP contribution in [-0.2, 0) is 0 Å². The molecule has 0 aromatic heterocycles. The predicted octanol–water partition coefficient (Wildman–Crippen LogP) is 2.03. The quantitative estimate of drug-likeness (QED) is 0.640. The van der Waals surface area contributed by atoms with Crippen molar-refractivity contribution in [3.05, 3.63) is 0 Å². The van der Waals surface area contributed by atoms with Crippen molar-refractivity contribution in [1.29, 1.82) is 0 Å². The Morgan fingerprint density at radius 1 is 1.41 bits per heavy atom. The molecule has 0 spiro atoms. The van der Waals surface area contributed by atoms with Crippen molar-refractivity contribution in [1.82, 2.24) is 5.32 Å². The zero-order valence-corrected chi connectivity index (χ0v) is 11.5. The summed E-state index contributed by atoms with van der Waals surface area (Å²) in [6.07, 6.45) is 8.28. The molecule has 3 nitrogen and oxygen atoms in total. The minimum atomic E-state index is 0.167. The highest BCUT2D eigenvalue weighted by Crippen LogP contribution is 2.33. The fourth-order valence-electron chi connectivity index (χ4n) is 3.04. The molecule has 17 heavy (non-hydrogen) atoms. The largest absolute Gasteiger partial charge is 0.396 e. The van der Waals surface area contributed by atoms with Gasteiger partial charge in [0.1, 0.15) is 0 Å². The van der Waals surface area contributed by atoms with Gasteiger partial charge < -0.3 is 16.2 Å². The van der Waals surface area contributed by atoms with Gasteiger partial charge in [-0.15, -0.1) is 0 Å². The van der Waals surface area contributed by atoms with E-state index in [9.17, 15) is 0 Å². The molecule has 0 aliphatic heterocycles. The third-order valence-corrected chi connectivity index (χ3v) is 4.38. The van der Waals surface area contributed by atoms with Crippen molar-refractivity contribution in [3.8, 4) is 0 Å². The number of nitrogens with one attached hydrogen (secondary N) is 1. The Labute approximate surface area is 106 Å². The van der Waals surface area contributed by atoms with E-state index in [1.165, 1.54) is 32.1 Å². The number of hydrogen-bond acceptors (Lipinski definition) is 3. The van der Waals surface area contributed by atoms with Crippen LogP contribution in [0.5, 0.6) is 0 Å². The minimum Gasteiger partial charge on any atom is -0.396 e. The van der Waals surface area contributed by atoms with Crippen LogP contribution in [0.15, 0.2) is 0 Å². The maximum absolute atomic E-state index is 8.86. The maximum atomic E-state index is 8.86. The van der Waals surface area contributed by atoms with Crippen molar-refractivity contribution in [2.75, 3.05) is 13.2 Å². The molecule has 4 N–H and O–H groups in total. The van der Waals surface area contributed by atoms with E-state index in [4.69, 9.17) is 10.8 Å². The Morgan fingerprint density at radius 3 is 2.53 bits per heavy atom. The van der Waals surface area contributed by atoms with Crippen LogP contribution < -0.4 is 11.1 Å². The van der Waals surface area contributed by atoms with Crippen LogP contribution in [0.4, 0.5) is 0 Å². The highest BCUT2D eigenvalue weighted by Gasteiger charge is 2.34. The highest BCUT2D eigenvalue weighted by atomic mass is 16.2. The smallest absolute Gasteiger partial charge is 0.0431 e. The first-order chi connectivity index (χ1) is 8.15. The molecule has 0 saturated heterocycles. The normalized spacial score (nSPS) is 31.4. The van der Waals surface area contributed by atoms with Gasteiger partial charge in [0.05, 0.1) is 0 Å². The summed E-state index contributed by atoms with van der Waals surface area (Å²) in [6.45, 7) is 5.53. The Balaban J connectivity index is 2.41. The molecular formula is C14H30N2O. The summed E-state index contributed by atoms with van der Waals surface area (Å²) < 4.78 is 0. The number of hydrogen-bond donors (Lipinski definition) is 3. The Hall–Kier alpha value is -0.120. The maximum Gasteiger partial charge on any atom is 0.0431 e. The Kier molecular flexibility index (Phi) is 6.45. The third-order valence-electron chi connectivity index (χ3n) is 4.38. The monoisotopic (exact) mass is 242 g/mol. The third kappa shape index (κ3) is 4.57. The lowest BCUT2D eigenvalue weighted by atomic mass is 9.75. The zero-order chi connectivity index (χ0) is 12.7. The summed E-state index contributed by atoms with van der Waals surface area (Å²) in [5.74, 6) is 0.907. The lowest BCUT2D eigenvalue weighted by Crippen LogP contribution is -2.56. The van der Waals surface area contributed by atoms with Crippen molar-refractivity contribution in [2.24, 2.45) is 11.7 Å². The van der Waals surface area contributed by atoms with Crippen LogP contribution in [0.2, 0.25) is 0 Å². The topological polar surface area (TPSA) is 58.3 Å². The molecule has 3 heteroatoms. The van der Waals surface area contributed by atoms with Crippen molar-refractivity contribution in [3.63, 3.8) is 0 Å². The first-order valence-electron chi connectivity index (χ1n) is 7.24. The molecule has 1 fully saturated rings. The van der Waals surface area contributed by atoms with Crippen LogP contribution in [-0.4, -0.2) is 29.8 Å². The van der Waals surface area contributed by atoms with E-state index in [1.807, 2.05) is 0 Å². The number of aliphatic hydroxyl groups excluding tert-OH is 1. The van der Waals surface area contributed by atoms with Crippen LogP contribution in [0.25, 0.3) is 0 Å². The molecule has 1 aliphatic carbocycles. The molecule has 102 valence electrons. The molecule has 0 radical (unpaired) electrons. The summed E-state index contributed by atoms with van der Waals surface area (Å²) >= 11 is 0. The van der Waals surface area contributed by atoms with E-state index < -0.39 is 0 Å². The van der Waals surface area contributed by atoms with Crippen LogP contribution in [0, 0.1) is 5.92 Å². The molecule has 0 aromatic rings. The van der Waals surface area contributed by atoms with Gasteiger partial charge in [0.15, 0.2) is 0 Å². The zero-order valence-electron chi connectivity index (χ0n) is 11.5. The molecule has 1 saturated carbocycles. The number of aliphatic hydroxyl groups is 1. The van der Waals surface area contributed by atoms with Gasteiger partial charge in [-0.1, -0.05) is 13.3 Å². The molecule has 1 unspecified atom stereocenters. The molecule has 0 aromatic carbocycles. The SMILES string of the molecule is CCC1CCC(CN)(NC(C)CCCO)CC1. The van der Waals surface area contributed by atoms with Gasteiger partial charge in [-0.05, 0) is 51.4 Å². The first kappa shape index (κ1) is 14.9. The summed E-state index contributed by atoms with van der Waals surface area (Å²) in [4.78, 5) is 0. The summed E-state index contributed by atoms with van der Waals surface area (Å²) in [7, 11) is 0. The van der Waals surface area contributed by atoms with E-state index >= 15 is 0 Å². The fourth-order valence-corrected chi connectivity index (χ4v) is 3.04. The summed E-state index contributed by atoms with van der Waals surface area (Å²) in [6, 6.07) is 0.462. The second-order valence-corrected chi connectivity index (χ2v) is 5.75. The van der Waals surface area contributed by atoms with Crippen molar-refractivity contribution >= 4 is 0 Å². The fraction of sp³-hybridized carbons (Fsp3) is 1.00. The lowest BCUT2D eigenvalue weighted by molar-refractivity contribution is 0.170. The number of rotatable bonds is 7. The van der Waals surface area contributed by atoms with Gasteiger partial charge in [-0.2, -0.15) is 0 Å². The van der Waals surface area contributed by atoms with Gasteiger partial charge in [0.25, 0.3) is 0 Å². The van der Waals surface area contributed by atoms with E-state index in [0.29, 0.717) is 12.6 Å². The molecule has 0 bridgehead atoms. The van der Waals surface area contributed by atoms with E-state index in [1.54, 1.807) is 0 Å². The van der Waals surface area contributed by atoms with Crippen molar-refractivity contribution in [2.45, 2.75) is 70.4 Å². The van der Waals surface area contributed by atoms with Crippen LogP contribution in [0.3, 0.4) is 0 Å². The summed E-state index contributed by atoms with van der Waals surface area (Å²) in [5.41, 5.74) is 6.16. The molecular weight excluding hydrogens is 212 g/mol. The Bertz CT molecular complexity index is 200. The van der Waals surface area contributed by atoms with Crippen LogP contribution in [0.1, 0.15) is 58.8 Å². The first-order valence-corrected chi connectivity index (χ1v) is 7.24. The highest BCUT2D eigenvalue weighted by molar-refractivity contribution is 4.95. The number of nitrogens with two attached hydrogens (primary N) is 1. The van der Waals surface area contributed by atoms with Gasteiger partial charge in [0.2, 0.25) is 0 Å². The lowest BCUT2D eigenvalue weighted by Gasteiger charge is -2.42. The molecule has 1 atom stereocenters. The van der Waals surface area contributed by atoms with Crippen molar-refractivity contribution < 1.29 is 5.11 Å². The van der Waals surface area contributed by atoms with Gasteiger partial charge in [-0.3, -0.25) is 0 Å². The van der Waals surface area contributed by atoms with Gasteiger partial charge >= 0.3 is 0 Å². The Morgan fingerprint density at radius 2 is 2.06 bits per heavy atom. The summed E-state index contributed by atoms with van der Waals surface area (Å²) in [5, 5.41) is 12.6. The van der Waals surface area contributed by atoms with Gasteiger partial charge in [-0.25, -0.2) is 0 Å². The van der Waals surface area contributed by atoms with E-state index in [-0.39, 0.29) is 5.54 Å². The van der Waals surface area contributed by atoms with E-state index in [0.717, 1.165) is 25.3 Å². The molecule has 0 amide bonds. The average molecular weight is 242 g/mol. The minimum absolute atomic E-state index is 0.167. The molecule has 1 aliphatic rings.